The van der Waals surface area contributed by atoms with Gasteiger partial charge in [-0.3, -0.25) is 9.59 Å². The molecule has 2 amide bonds. The standard InChI is InChI=1S/C25H23BrFN3O4/c1-15-12-19(26)9-10-21(15)28-24(31)25(32)30-29-16(2)17-8-11-22(23(13-17)33-3)34-14-18-6-4-5-7-20(18)27/h4-13H,14H2,1-3H3,(H,28,31)(H,30,32). The number of hydrogen-bond acceptors (Lipinski definition) is 5. The van der Waals surface area contributed by atoms with Crippen molar-refractivity contribution >= 4 is 39.1 Å². The van der Waals surface area contributed by atoms with Crippen molar-refractivity contribution in [1.82, 2.24) is 5.43 Å². The van der Waals surface area contributed by atoms with E-state index in [1.54, 1.807) is 55.5 Å². The van der Waals surface area contributed by atoms with Crippen LogP contribution in [0.15, 0.2) is 70.2 Å². The third-order valence-electron chi connectivity index (χ3n) is 4.89. The maximum atomic E-state index is 13.8. The minimum absolute atomic E-state index is 0.0401. The van der Waals surface area contributed by atoms with Crippen molar-refractivity contribution < 1.29 is 23.5 Å². The second-order valence-electron chi connectivity index (χ2n) is 7.30. The first-order chi connectivity index (χ1) is 16.3. The lowest BCUT2D eigenvalue weighted by molar-refractivity contribution is -0.136. The van der Waals surface area contributed by atoms with Gasteiger partial charge in [0.1, 0.15) is 12.4 Å². The van der Waals surface area contributed by atoms with E-state index in [0.29, 0.717) is 34.0 Å². The van der Waals surface area contributed by atoms with Crippen LogP contribution in [0.25, 0.3) is 0 Å². The third-order valence-corrected chi connectivity index (χ3v) is 5.38. The van der Waals surface area contributed by atoms with E-state index in [1.807, 2.05) is 13.0 Å². The minimum Gasteiger partial charge on any atom is -0.493 e. The molecule has 3 aromatic carbocycles. The van der Waals surface area contributed by atoms with Gasteiger partial charge in [-0.15, -0.1) is 0 Å². The van der Waals surface area contributed by atoms with Crippen LogP contribution >= 0.6 is 15.9 Å². The number of hydrazone groups is 1. The summed E-state index contributed by atoms with van der Waals surface area (Å²) in [5.41, 5.74) is 5.09. The van der Waals surface area contributed by atoms with E-state index in [2.05, 4.69) is 31.8 Å². The Morgan fingerprint density at radius 1 is 1.03 bits per heavy atom. The van der Waals surface area contributed by atoms with Crippen LogP contribution in [0.4, 0.5) is 10.1 Å². The molecule has 0 saturated carbocycles. The van der Waals surface area contributed by atoms with Gasteiger partial charge >= 0.3 is 11.8 Å². The Kier molecular flexibility index (Phi) is 8.37. The fraction of sp³-hybridized carbons (Fsp3) is 0.160. The van der Waals surface area contributed by atoms with Gasteiger partial charge in [-0.25, -0.2) is 9.82 Å². The number of anilines is 1. The molecule has 0 unspecified atom stereocenters. The average Bonchev–Trinajstić information content (AvgIpc) is 2.83. The summed E-state index contributed by atoms with van der Waals surface area (Å²) in [5.74, 6) is -1.25. The van der Waals surface area contributed by atoms with Crippen LogP contribution in [0, 0.1) is 12.7 Å². The van der Waals surface area contributed by atoms with Crippen molar-refractivity contribution in [3.63, 3.8) is 0 Å². The summed E-state index contributed by atoms with van der Waals surface area (Å²) in [6.45, 7) is 3.53. The van der Waals surface area contributed by atoms with Crippen LogP contribution in [0.2, 0.25) is 0 Å². The quantitative estimate of drug-likeness (QED) is 0.258. The van der Waals surface area contributed by atoms with Gasteiger partial charge in [-0.1, -0.05) is 34.1 Å². The van der Waals surface area contributed by atoms with Crippen molar-refractivity contribution in [2.24, 2.45) is 5.10 Å². The van der Waals surface area contributed by atoms with Crippen LogP contribution in [0.5, 0.6) is 11.5 Å². The van der Waals surface area contributed by atoms with Gasteiger partial charge in [-0.2, -0.15) is 5.10 Å². The molecule has 7 nitrogen and oxygen atoms in total. The molecule has 0 aliphatic heterocycles. The Balaban J connectivity index is 1.64. The first-order valence-electron chi connectivity index (χ1n) is 10.2. The number of carbonyl (C=O) groups excluding carboxylic acids is 2. The maximum Gasteiger partial charge on any atom is 0.329 e. The fourth-order valence-corrected chi connectivity index (χ4v) is 3.45. The van der Waals surface area contributed by atoms with Gasteiger partial charge in [0.2, 0.25) is 0 Å². The van der Waals surface area contributed by atoms with E-state index < -0.39 is 11.8 Å². The number of nitrogens with zero attached hydrogens (tertiary/aromatic N) is 1. The van der Waals surface area contributed by atoms with E-state index in [9.17, 15) is 14.0 Å². The largest absolute Gasteiger partial charge is 0.493 e. The average molecular weight is 528 g/mol. The van der Waals surface area contributed by atoms with E-state index >= 15 is 0 Å². The molecule has 0 spiro atoms. The molecule has 0 saturated heterocycles. The van der Waals surface area contributed by atoms with Crippen molar-refractivity contribution in [1.29, 1.82) is 0 Å². The number of nitrogens with one attached hydrogen (secondary N) is 2. The third kappa shape index (κ3) is 6.41. The number of benzene rings is 3. The fourth-order valence-electron chi connectivity index (χ4n) is 2.98. The maximum absolute atomic E-state index is 13.8. The van der Waals surface area contributed by atoms with Gasteiger partial charge in [0.05, 0.1) is 12.8 Å². The zero-order chi connectivity index (χ0) is 24.7. The summed E-state index contributed by atoms with van der Waals surface area (Å²) >= 11 is 3.35. The molecule has 0 aliphatic rings. The molecule has 176 valence electrons. The molecule has 34 heavy (non-hydrogen) atoms. The van der Waals surface area contributed by atoms with Crippen molar-refractivity contribution in [3.8, 4) is 11.5 Å². The van der Waals surface area contributed by atoms with E-state index in [4.69, 9.17) is 9.47 Å². The zero-order valence-electron chi connectivity index (χ0n) is 18.8. The monoisotopic (exact) mass is 527 g/mol. The first-order valence-corrected chi connectivity index (χ1v) is 11.0. The SMILES string of the molecule is COc1cc(C(C)=NNC(=O)C(=O)Nc2ccc(Br)cc2C)ccc1OCc1ccccc1F. The summed E-state index contributed by atoms with van der Waals surface area (Å²) < 4.78 is 25.8. The zero-order valence-corrected chi connectivity index (χ0v) is 20.4. The molecule has 0 bridgehead atoms. The number of halogens is 2. The minimum atomic E-state index is -0.904. The molecule has 0 aliphatic carbocycles. The lowest BCUT2D eigenvalue weighted by Crippen LogP contribution is -2.33. The molecule has 3 rings (SSSR count). The lowest BCUT2D eigenvalue weighted by atomic mass is 10.1. The van der Waals surface area contributed by atoms with Gasteiger partial charge in [0.15, 0.2) is 11.5 Å². The lowest BCUT2D eigenvalue weighted by Gasteiger charge is -2.13. The van der Waals surface area contributed by atoms with E-state index in [-0.39, 0.29) is 12.4 Å². The predicted molar refractivity (Wildman–Crippen MR) is 132 cm³/mol. The Morgan fingerprint density at radius 2 is 1.79 bits per heavy atom. The van der Waals surface area contributed by atoms with Gasteiger partial charge < -0.3 is 14.8 Å². The summed E-state index contributed by atoms with van der Waals surface area (Å²) in [4.78, 5) is 24.4. The highest BCUT2D eigenvalue weighted by Gasteiger charge is 2.15. The number of ether oxygens (including phenoxy) is 2. The molecule has 0 heterocycles. The van der Waals surface area contributed by atoms with Crippen LogP contribution in [-0.4, -0.2) is 24.6 Å². The number of hydrogen-bond donors (Lipinski definition) is 2. The van der Waals surface area contributed by atoms with E-state index in [0.717, 1.165) is 10.0 Å². The van der Waals surface area contributed by atoms with Crippen LogP contribution in [-0.2, 0) is 16.2 Å². The highest BCUT2D eigenvalue weighted by molar-refractivity contribution is 9.10. The Hall–Kier alpha value is -3.72. The van der Waals surface area contributed by atoms with Crippen LogP contribution in [0.1, 0.15) is 23.6 Å². The van der Waals surface area contributed by atoms with Crippen molar-refractivity contribution in [2.75, 3.05) is 12.4 Å². The topological polar surface area (TPSA) is 89.0 Å². The molecule has 0 atom stereocenters. The molecular formula is C25H23BrFN3O4. The number of aryl methyl sites for hydroxylation is 1. The smallest absolute Gasteiger partial charge is 0.329 e. The highest BCUT2D eigenvalue weighted by Crippen LogP contribution is 2.29. The van der Waals surface area contributed by atoms with E-state index in [1.165, 1.54) is 13.2 Å². The second kappa shape index (κ2) is 11.4. The summed E-state index contributed by atoms with van der Waals surface area (Å²) in [6.07, 6.45) is 0. The number of carbonyl (C=O) groups is 2. The summed E-state index contributed by atoms with van der Waals surface area (Å²) in [5, 5.41) is 6.56. The Labute approximate surface area is 205 Å². The molecule has 9 heteroatoms. The highest BCUT2D eigenvalue weighted by atomic mass is 79.9. The molecule has 3 aromatic rings. The molecule has 0 aromatic heterocycles. The Morgan fingerprint density at radius 3 is 2.50 bits per heavy atom. The number of methoxy groups -OCH3 is 1. The predicted octanol–water partition coefficient (Wildman–Crippen LogP) is 4.96. The first kappa shape index (κ1) is 24.9. The van der Waals surface area contributed by atoms with Gasteiger partial charge in [0, 0.05) is 21.3 Å². The Bertz CT molecular complexity index is 1250. The van der Waals surface area contributed by atoms with Gasteiger partial charge in [0.25, 0.3) is 0 Å². The number of amides is 2. The second-order valence-corrected chi connectivity index (χ2v) is 8.21. The summed E-state index contributed by atoms with van der Waals surface area (Å²) in [6, 6.07) is 16.7. The molecule has 0 radical (unpaired) electrons. The van der Waals surface area contributed by atoms with Crippen molar-refractivity contribution in [3.05, 3.63) is 87.6 Å². The number of rotatable bonds is 7. The normalized spacial score (nSPS) is 11.0. The molecule has 2 N–H and O–H groups in total. The van der Waals surface area contributed by atoms with Crippen molar-refractivity contribution in [2.45, 2.75) is 20.5 Å². The molecule has 0 fully saturated rings. The van der Waals surface area contributed by atoms with Crippen LogP contribution < -0.4 is 20.2 Å². The molecular weight excluding hydrogens is 505 g/mol. The van der Waals surface area contributed by atoms with Gasteiger partial charge in [-0.05, 0) is 61.9 Å². The summed E-state index contributed by atoms with van der Waals surface area (Å²) in [7, 11) is 1.48. The van der Waals surface area contributed by atoms with Crippen LogP contribution in [0.3, 0.4) is 0 Å².